The Hall–Kier alpha value is -2.41. The molecule has 4 heterocycles. The van der Waals surface area contributed by atoms with Gasteiger partial charge < -0.3 is 10.2 Å². The lowest BCUT2D eigenvalue weighted by Crippen LogP contribution is -2.41. The summed E-state index contributed by atoms with van der Waals surface area (Å²) in [5, 5.41) is 7.59. The van der Waals surface area contributed by atoms with Crippen molar-refractivity contribution >= 4 is 6.03 Å². The van der Waals surface area contributed by atoms with E-state index in [1.54, 1.807) is 0 Å². The molecule has 1 atom stereocenters. The number of fused-ring (bicyclic) bond motifs is 1. The Morgan fingerprint density at radius 1 is 1.15 bits per heavy atom. The normalized spacial score (nSPS) is 20.2. The SMILES string of the molecule is O=C(NCCC1CN(Cc2ccncc2)Cc2ccnn21)N1CCCC1. The van der Waals surface area contributed by atoms with Crippen LogP contribution in [0.1, 0.15) is 36.6 Å². The number of nitrogens with zero attached hydrogens (tertiary/aromatic N) is 5. The van der Waals surface area contributed by atoms with E-state index in [0.717, 1.165) is 52.0 Å². The Labute approximate surface area is 154 Å². The third-order valence-corrected chi connectivity index (χ3v) is 5.26. The van der Waals surface area contributed by atoms with Crippen LogP contribution in [0.2, 0.25) is 0 Å². The van der Waals surface area contributed by atoms with Gasteiger partial charge in [-0.2, -0.15) is 5.10 Å². The Bertz CT molecular complexity index is 725. The molecule has 0 aliphatic carbocycles. The second-order valence-electron chi connectivity index (χ2n) is 7.16. The standard InChI is InChI=1S/C19H26N6O/c26-19(24-11-1-2-12-24)21-9-5-17-14-23(13-16-3-7-20-8-4-16)15-18-6-10-22-25(17)18/h3-4,6-8,10,17H,1-2,5,9,11-15H2,(H,21,26). The van der Waals surface area contributed by atoms with Crippen molar-refractivity contribution in [2.45, 2.75) is 38.4 Å². The van der Waals surface area contributed by atoms with Crippen LogP contribution < -0.4 is 5.32 Å². The van der Waals surface area contributed by atoms with Crippen LogP contribution in [-0.2, 0) is 13.1 Å². The van der Waals surface area contributed by atoms with E-state index in [-0.39, 0.29) is 12.1 Å². The Balaban J connectivity index is 1.35. The first-order valence-electron chi connectivity index (χ1n) is 9.46. The van der Waals surface area contributed by atoms with Crippen molar-refractivity contribution < 1.29 is 4.79 Å². The van der Waals surface area contributed by atoms with Crippen LogP contribution in [0.25, 0.3) is 0 Å². The van der Waals surface area contributed by atoms with E-state index < -0.39 is 0 Å². The number of nitrogens with one attached hydrogen (secondary N) is 1. The number of rotatable bonds is 5. The summed E-state index contributed by atoms with van der Waals surface area (Å²) in [5.74, 6) is 0. The summed E-state index contributed by atoms with van der Waals surface area (Å²) < 4.78 is 2.13. The van der Waals surface area contributed by atoms with Crippen LogP contribution in [0.5, 0.6) is 0 Å². The first-order valence-corrected chi connectivity index (χ1v) is 9.46. The minimum atomic E-state index is 0.0765. The molecule has 26 heavy (non-hydrogen) atoms. The summed E-state index contributed by atoms with van der Waals surface area (Å²) in [6, 6.07) is 6.59. The number of hydrogen-bond donors (Lipinski definition) is 1. The van der Waals surface area contributed by atoms with Crippen molar-refractivity contribution in [3.63, 3.8) is 0 Å². The van der Waals surface area contributed by atoms with Crippen molar-refractivity contribution in [1.29, 1.82) is 0 Å². The van der Waals surface area contributed by atoms with E-state index in [1.165, 1.54) is 11.3 Å². The summed E-state index contributed by atoms with van der Waals surface area (Å²) in [5.41, 5.74) is 2.51. The Morgan fingerprint density at radius 2 is 1.96 bits per heavy atom. The smallest absolute Gasteiger partial charge is 0.317 e. The summed E-state index contributed by atoms with van der Waals surface area (Å²) >= 11 is 0. The molecule has 2 aromatic heterocycles. The third-order valence-electron chi connectivity index (χ3n) is 5.26. The lowest BCUT2D eigenvalue weighted by molar-refractivity contribution is 0.160. The molecule has 0 aromatic carbocycles. The van der Waals surface area contributed by atoms with Crippen molar-refractivity contribution in [3.05, 3.63) is 48.0 Å². The zero-order chi connectivity index (χ0) is 17.8. The maximum absolute atomic E-state index is 12.2. The number of amides is 2. The van der Waals surface area contributed by atoms with E-state index in [9.17, 15) is 4.79 Å². The highest BCUT2D eigenvalue weighted by Gasteiger charge is 2.26. The molecule has 7 nitrogen and oxygen atoms in total. The van der Waals surface area contributed by atoms with Crippen LogP contribution in [0.4, 0.5) is 4.79 Å². The number of urea groups is 1. The second-order valence-corrected chi connectivity index (χ2v) is 7.16. The van der Waals surface area contributed by atoms with Crippen molar-refractivity contribution in [1.82, 2.24) is 29.9 Å². The first-order chi connectivity index (χ1) is 12.8. The fourth-order valence-electron chi connectivity index (χ4n) is 3.92. The summed E-state index contributed by atoms with van der Waals surface area (Å²) in [4.78, 5) is 20.6. The van der Waals surface area contributed by atoms with Gasteiger partial charge in [0.2, 0.25) is 0 Å². The molecule has 1 unspecified atom stereocenters. The number of likely N-dealkylation sites (tertiary alicyclic amines) is 1. The minimum Gasteiger partial charge on any atom is -0.338 e. The maximum atomic E-state index is 12.2. The van der Waals surface area contributed by atoms with E-state index in [0.29, 0.717) is 6.54 Å². The number of hydrogen-bond acceptors (Lipinski definition) is 4. The Kier molecular flexibility index (Phi) is 5.15. The molecule has 1 fully saturated rings. The van der Waals surface area contributed by atoms with E-state index in [1.807, 2.05) is 23.5 Å². The monoisotopic (exact) mass is 354 g/mol. The van der Waals surface area contributed by atoms with Gasteiger partial charge in [-0.05, 0) is 43.0 Å². The number of pyridine rings is 1. The molecule has 2 aromatic rings. The van der Waals surface area contributed by atoms with Crippen LogP contribution in [-0.4, -0.2) is 56.8 Å². The van der Waals surface area contributed by atoms with Gasteiger partial charge in [-0.1, -0.05) is 0 Å². The number of carbonyl (C=O) groups is 1. The van der Waals surface area contributed by atoms with Gasteiger partial charge in [0.25, 0.3) is 0 Å². The lowest BCUT2D eigenvalue weighted by Gasteiger charge is -2.34. The lowest BCUT2D eigenvalue weighted by atomic mass is 10.1. The highest BCUT2D eigenvalue weighted by molar-refractivity contribution is 5.74. The van der Waals surface area contributed by atoms with Crippen LogP contribution in [0.3, 0.4) is 0 Å². The molecular weight excluding hydrogens is 328 g/mol. The quantitative estimate of drug-likeness (QED) is 0.892. The first kappa shape index (κ1) is 17.0. The van der Waals surface area contributed by atoms with Crippen LogP contribution in [0, 0.1) is 0 Å². The van der Waals surface area contributed by atoms with Gasteiger partial charge in [0.15, 0.2) is 0 Å². The van der Waals surface area contributed by atoms with Gasteiger partial charge in [0.1, 0.15) is 0 Å². The summed E-state index contributed by atoms with van der Waals surface area (Å²) in [7, 11) is 0. The summed E-state index contributed by atoms with van der Waals surface area (Å²) in [6.45, 7) is 5.21. The zero-order valence-electron chi connectivity index (χ0n) is 15.0. The molecule has 2 amide bonds. The molecule has 0 saturated carbocycles. The van der Waals surface area contributed by atoms with E-state index in [4.69, 9.17) is 0 Å². The van der Waals surface area contributed by atoms with Gasteiger partial charge in [-0.3, -0.25) is 14.6 Å². The largest absolute Gasteiger partial charge is 0.338 e. The highest BCUT2D eigenvalue weighted by atomic mass is 16.2. The predicted molar refractivity (Wildman–Crippen MR) is 98.4 cm³/mol. The van der Waals surface area contributed by atoms with Crippen molar-refractivity contribution in [2.24, 2.45) is 0 Å². The molecule has 2 aliphatic rings. The van der Waals surface area contributed by atoms with Crippen molar-refractivity contribution in [3.8, 4) is 0 Å². The van der Waals surface area contributed by atoms with Crippen LogP contribution in [0.15, 0.2) is 36.8 Å². The highest BCUT2D eigenvalue weighted by Crippen LogP contribution is 2.24. The van der Waals surface area contributed by atoms with Gasteiger partial charge in [0, 0.05) is 57.9 Å². The molecular formula is C19H26N6O. The van der Waals surface area contributed by atoms with E-state index >= 15 is 0 Å². The molecule has 138 valence electrons. The fraction of sp³-hybridized carbons (Fsp3) is 0.526. The van der Waals surface area contributed by atoms with Gasteiger partial charge >= 0.3 is 6.03 Å². The zero-order valence-corrected chi connectivity index (χ0v) is 15.0. The van der Waals surface area contributed by atoms with Crippen molar-refractivity contribution in [2.75, 3.05) is 26.2 Å². The van der Waals surface area contributed by atoms with Gasteiger partial charge in [0.05, 0.1) is 11.7 Å². The number of carbonyl (C=O) groups excluding carboxylic acids is 1. The second kappa shape index (κ2) is 7.86. The van der Waals surface area contributed by atoms with Crippen LogP contribution >= 0.6 is 0 Å². The molecule has 0 spiro atoms. The molecule has 7 heteroatoms. The molecule has 1 N–H and O–H groups in total. The predicted octanol–water partition coefficient (Wildman–Crippen LogP) is 2.03. The van der Waals surface area contributed by atoms with Gasteiger partial charge in [-0.15, -0.1) is 0 Å². The fourth-order valence-corrected chi connectivity index (χ4v) is 3.92. The van der Waals surface area contributed by atoms with Gasteiger partial charge in [-0.25, -0.2) is 4.79 Å². The topological polar surface area (TPSA) is 66.3 Å². The molecule has 4 rings (SSSR count). The average Bonchev–Trinajstić information content (AvgIpc) is 3.34. The molecule has 1 saturated heterocycles. The molecule has 0 bridgehead atoms. The summed E-state index contributed by atoms with van der Waals surface area (Å²) in [6.07, 6.45) is 8.69. The van der Waals surface area contributed by atoms with E-state index in [2.05, 4.69) is 43.2 Å². The Morgan fingerprint density at radius 3 is 2.77 bits per heavy atom. The average molecular weight is 354 g/mol. The minimum absolute atomic E-state index is 0.0765. The number of aromatic nitrogens is 3. The molecule has 2 aliphatic heterocycles. The molecule has 0 radical (unpaired) electrons. The third kappa shape index (κ3) is 3.88. The maximum Gasteiger partial charge on any atom is 0.317 e.